The molecule has 0 bridgehead atoms. The van der Waals surface area contributed by atoms with Crippen molar-refractivity contribution in [3.05, 3.63) is 35.4 Å². The van der Waals surface area contributed by atoms with Gasteiger partial charge in [-0.15, -0.1) is 0 Å². The predicted octanol–water partition coefficient (Wildman–Crippen LogP) is 0.972. The standard InChI is InChI=1S/C16H22N2O4S/c1-12(17-23(2,20)21)15(19)18-9-5-8-16(11-18)14-7-4-3-6-13(14)10-22-16/h3-4,6-7,12,17H,5,8-11H2,1-2H3. The summed E-state index contributed by atoms with van der Waals surface area (Å²) in [4.78, 5) is 14.3. The summed E-state index contributed by atoms with van der Waals surface area (Å²) in [6.07, 6.45) is 2.78. The molecule has 1 saturated heterocycles. The van der Waals surface area contributed by atoms with Gasteiger partial charge in [0.1, 0.15) is 5.60 Å². The highest BCUT2D eigenvalue weighted by Crippen LogP contribution is 2.42. The lowest BCUT2D eigenvalue weighted by atomic mass is 9.85. The number of benzene rings is 1. The van der Waals surface area contributed by atoms with E-state index in [-0.39, 0.29) is 5.91 Å². The molecule has 2 aliphatic rings. The summed E-state index contributed by atoms with van der Waals surface area (Å²) in [5.41, 5.74) is 1.88. The first-order chi connectivity index (χ1) is 10.8. The maximum absolute atomic E-state index is 12.6. The summed E-state index contributed by atoms with van der Waals surface area (Å²) in [6, 6.07) is 7.33. The lowest BCUT2D eigenvalue weighted by Gasteiger charge is -2.41. The Hall–Kier alpha value is -1.44. The zero-order chi connectivity index (χ0) is 16.7. The van der Waals surface area contributed by atoms with Gasteiger partial charge in [-0.25, -0.2) is 13.1 Å². The number of hydrogen-bond acceptors (Lipinski definition) is 4. The van der Waals surface area contributed by atoms with Crippen molar-refractivity contribution in [2.24, 2.45) is 0 Å². The van der Waals surface area contributed by atoms with Crippen LogP contribution in [0.5, 0.6) is 0 Å². The third-order valence-electron chi connectivity index (χ3n) is 4.54. The fourth-order valence-electron chi connectivity index (χ4n) is 3.58. The van der Waals surface area contributed by atoms with Crippen molar-refractivity contribution in [3.63, 3.8) is 0 Å². The second kappa shape index (κ2) is 5.89. The number of ether oxygens (including phenoxy) is 1. The second-order valence-electron chi connectivity index (χ2n) is 6.42. The molecule has 126 valence electrons. The van der Waals surface area contributed by atoms with Crippen molar-refractivity contribution in [3.8, 4) is 0 Å². The average molecular weight is 338 g/mol. The van der Waals surface area contributed by atoms with Gasteiger partial charge in [-0.2, -0.15) is 0 Å². The van der Waals surface area contributed by atoms with Gasteiger partial charge in [-0.1, -0.05) is 24.3 Å². The molecule has 2 atom stereocenters. The third kappa shape index (κ3) is 3.27. The highest BCUT2D eigenvalue weighted by atomic mass is 32.2. The van der Waals surface area contributed by atoms with Gasteiger partial charge in [0.25, 0.3) is 0 Å². The number of nitrogens with one attached hydrogen (secondary N) is 1. The van der Waals surface area contributed by atoms with Gasteiger partial charge in [0, 0.05) is 6.54 Å². The van der Waals surface area contributed by atoms with Crippen LogP contribution in [0.2, 0.25) is 0 Å². The van der Waals surface area contributed by atoms with E-state index in [1.54, 1.807) is 11.8 Å². The number of carbonyl (C=O) groups is 1. The topological polar surface area (TPSA) is 75.7 Å². The van der Waals surface area contributed by atoms with E-state index in [2.05, 4.69) is 16.9 Å². The molecule has 1 amide bonds. The van der Waals surface area contributed by atoms with E-state index in [0.29, 0.717) is 19.7 Å². The minimum atomic E-state index is -3.41. The van der Waals surface area contributed by atoms with E-state index in [1.807, 2.05) is 12.1 Å². The number of piperidine rings is 1. The van der Waals surface area contributed by atoms with Gasteiger partial charge < -0.3 is 9.64 Å². The minimum Gasteiger partial charge on any atom is -0.364 e. The minimum absolute atomic E-state index is 0.206. The van der Waals surface area contributed by atoms with E-state index in [1.165, 1.54) is 5.56 Å². The van der Waals surface area contributed by atoms with E-state index >= 15 is 0 Å². The quantitative estimate of drug-likeness (QED) is 0.891. The van der Waals surface area contributed by atoms with Crippen molar-refractivity contribution in [1.29, 1.82) is 0 Å². The first kappa shape index (κ1) is 16.4. The maximum atomic E-state index is 12.6. The summed E-state index contributed by atoms with van der Waals surface area (Å²) in [5, 5.41) is 0. The molecule has 7 heteroatoms. The molecule has 1 spiro atoms. The first-order valence-corrected chi connectivity index (χ1v) is 9.68. The van der Waals surface area contributed by atoms with Gasteiger partial charge in [-0.3, -0.25) is 4.79 Å². The Kier molecular flexibility index (Phi) is 4.20. The van der Waals surface area contributed by atoms with Crippen LogP contribution in [0.15, 0.2) is 24.3 Å². The lowest BCUT2D eigenvalue weighted by Crippen LogP contribution is -2.53. The molecule has 0 saturated carbocycles. The number of fused-ring (bicyclic) bond motifs is 2. The van der Waals surface area contributed by atoms with Crippen LogP contribution in [0.1, 0.15) is 30.9 Å². The molecule has 2 heterocycles. The molecule has 0 radical (unpaired) electrons. The molecule has 1 N–H and O–H groups in total. The van der Waals surface area contributed by atoms with Crippen LogP contribution >= 0.6 is 0 Å². The van der Waals surface area contributed by atoms with Crippen LogP contribution in [0, 0.1) is 0 Å². The Morgan fingerprint density at radius 2 is 2.13 bits per heavy atom. The Labute approximate surface area is 136 Å². The zero-order valence-corrected chi connectivity index (χ0v) is 14.2. The van der Waals surface area contributed by atoms with Gasteiger partial charge in [0.2, 0.25) is 15.9 Å². The molecule has 0 aromatic heterocycles. The molecule has 2 unspecified atom stereocenters. The normalized spacial score (nSPS) is 25.4. The number of hydrogen-bond donors (Lipinski definition) is 1. The van der Waals surface area contributed by atoms with Gasteiger partial charge >= 0.3 is 0 Å². The Morgan fingerprint density at radius 1 is 1.39 bits per heavy atom. The molecular formula is C16H22N2O4S. The monoisotopic (exact) mass is 338 g/mol. The first-order valence-electron chi connectivity index (χ1n) is 7.79. The van der Waals surface area contributed by atoms with Gasteiger partial charge in [0.05, 0.1) is 25.4 Å². The third-order valence-corrected chi connectivity index (χ3v) is 5.32. The Bertz CT molecular complexity index is 715. The summed E-state index contributed by atoms with van der Waals surface area (Å²) in [6.45, 7) is 3.24. The van der Waals surface area contributed by atoms with Crippen molar-refractivity contribution < 1.29 is 17.9 Å². The number of sulfonamides is 1. The molecule has 1 aromatic carbocycles. The molecular weight excluding hydrogens is 316 g/mol. The van der Waals surface area contributed by atoms with Crippen LogP contribution in [-0.2, 0) is 31.8 Å². The molecule has 1 fully saturated rings. The number of likely N-dealkylation sites (tertiary alicyclic amines) is 1. The SMILES string of the molecule is CC(NS(C)(=O)=O)C(=O)N1CCCC2(C1)OCc1ccccc12. The molecule has 2 aliphatic heterocycles. The number of amides is 1. The predicted molar refractivity (Wildman–Crippen MR) is 86.2 cm³/mol. The number of carbonyl (C=O) groups excluding carboxylic acids is 1. The van der Waals surface area contributed by atoms with Crippen molar-refractivity contribution in [1.82, 2.24) is 9.62 Å². The van der Waals surface area contributed by atoms with Gasteiger partial charge in [-0.05, 0) is 30.9 Å². The van der Waals surface area contributed by atoms with Crippen molar-refractivity contribution >= 4 is 15.9 Å². The van der Waals surface area contributed by atoms with Crippen molar-refractivity contribution in [2.45, 2.75) is 38.0 Å². The van der Waals surface area contributed by atoms with Crippen LogP contribution in [0.3, 0.4) is 0 Å². The van der Waals surface area contributed by atoms with Crippen molar-refractivity contribution in [2.75, 3.05) is 19.3 Å². The fourth-order valence-corrected chi connectivity index (χ4v) is 4.32. The van der Waals surface area contributed by atoms with E-state index < -0.39 is 21.7 Å². The van der Waals surface area contributed by atoms with Crippen LogP contribution in [-0.4, -0.2) is 44.6 Å². The summed E-state index contributed by atoms with van der Waals surface area (Å²) in [7, 11) is -3.41. The largest absolute Gasteiger partial charge is 0.364 e. The summed E-state index contributed by atoms with van der Waals surface area (Å²) < 4.78 is 31.1. The fraction of sp³-hybridized carbons (Fsp3) is 0.562. The molecule has 0 aliphatic carbocycles. The highest BCUT2D eigenvalue weighted by Gasteiger charge is 2.44. The highest BCUT2D eigenvalue weighted by molar-refractivity contribution is 7.88. The summed E-state index contributed by atoms with van der Waals surface area (Å²) in [5.74, 6) is -0.206. The lowest BCUT2D eigenvalue weighted by molar-refractivity contribution is -0.144. The summed E-state index contributed by atoms with van der Waals surface area (Å²) >= 11 is 0. The van der Waals surface area contributed by atoms with Gasteiger partial charge in [0.15, 0.2) is 0 Å². The average Bonchev–Trinajstić information content (AvgIpc) is 2.84. The number of rotatable bonds is 3. The number of nitrogens with zero attached hydrogens (tertiary/aromatic N) is 1. The molecule has 3 rings (SSSR count). The smallest absolute Gasteiger partial charge is 0.240 e. The van der Waals surface area contributed by atoms with Crippen LogP contribution < -0.4 is 4.72 Å². The molecule has 23 heavy (non-hydrogen) atoms. The Morgan fingerprint density at radius 3 is 2.87 bits per heavy atom. The van der Waals surface area contributed by atoms with Crippen LogP contribution in [0.4, 0.5) is 0 Å². The molecule has 6 nitrogen and oxygen atoms in total. The maximum Gasteiger partial charge on any atom is 0.240 e. The van der Waals surface area contributed by atoms with E-state index in [0.717, 1.165) is 24.7 Å². The Balaban J connectivity index is 1.78. The zero-order valence-electron chi connectivity index (χ0n) is 13.4. The van der Waals surface area contributed by atoms with E-state index in [4.69, 9.17) is 4.74 Å². The molecule has 1 aromatic rings. The van der Waals surface area contributed by atoms with E-state index in [9.17, 15) is 13.2 Å². The second-order valence-corrected chi connectivity index (χ2v) is 8.20. The van der Waals surface area contributed by atoms with Crippen LogP contribution in [0.25, 0.3) is 0 Å².